The number of nitrogens with zero attached hydrogens (tertiary/aromatic N) is 4. The molecule has 0 spiro atoms. The van der Waals surface area contributed by atoms with Crippen molar-refractivity contribution in [3.8, 4) is 34.1 Å². The van der Waals surface area contributed by atoms with Crippen LogP contribution in [0.25, 0.3) is 33.4 Å². The molecule has 0 atom stereocenters. The Morgan fingerprint density at radius 1 is 1.00 bits per heavy atom. The Morgan fingerprint density at radius 2 is 1.61 bits per heavy atom. The molecule has 1 amide bonds. The summed E-state index contributed by atoms with van der Waals surface area (Å²) in [5.74, 6) is 0.487. The molecule has 0 fully saturated rings. The zero-order valence-electron chi connectivity index (χ0n) is 19.8. The standard InChI is InChI=1S/C25H23Cl2N5O4/c1-5-21(33)31-18-13-30-32(6-7-34-2)25(18)17-9-15-11-28-16(8-14(15)12-29-17)22-23(26)19(35-3)10-20(36-4)24(22)27/h5,8-13H,1,6-7H2,2-4H3,(H,31,33). The van der Waals surface area contributed by atoms with Crippen molar-refractivity contribution in [2.45, 2.75) is 6.54 Å². The summed E-state index contributed by atoms with van der Waals surface area (Å²) >= 11 is 13.1. The zero-order chi connectivity index (χ0) is 25.8. The van der Waals surface area contributed by atoms with E-state index in [1.165, 1.54) is 20.3 Å². The summed E-state index contributed by atoms with van der Waals surface area (Å²) in [6.45, 7) is 4.42. The molecule has 1 aromatic carbocycles. The number of carbonyl (C=O) groups is 1. The van der Waals surface area contributed by atoms with Gasteiger partial charge in [-0.2, -0.15) is 5.10 Å². The van der Waals surface area contributed by atoms with Gasteiger partial charge in [0.1, 0.15) is 17.2 Å². The van der Waals surface area contributed by atoms with Crippen molar-refractivity contribution in [1.82, 2.24) is 19.7 Å². The molecule has 11 heteroatoms. The van der Waals surface area contributed by atoms with Gasteiger partial charge >= 0.3 is 0 Å². The van der Waals surface area contributed by atoms with Crippen molar-refractivity contribution in [2.24, 2.45) is 0 Å². The maximum absolute atomic E-state index is 12.0. The van der Waals surface area contributed by atoms with Gasteiger partial charge in [0.15, 0.2) is 0 Å². The Kier molecular flexibility index (Phi) is 7.73. The van der Waals surface area contributed by atoms with Gasteiger partial charge < -0.3 is 19.5 Å². The molecule has 0 radical (unpaired) electrons. The van der Waals surface area contributed by atoms with Gasteiger partial charge in [-0.3, -0.25) is 19.4 Å². The summed E-state index contributed by atoms with van der Waals surface area (Å²) in [4.78, 5) is 21.2. The molecule has 3 aromatic heterocycles. The van der Waals surface area contributed by atoms with Crippen LogP contribution < -0.4 is 14.8 Å². The summed E-state index contributed by atoms with van der Waals surface area (Å²) in [5, 5.41) is 9.42. The largest absolute Gasteiger partial charge is 0.495 e. The maximum Gasteiger partial charge on any atom is 0.247 e. The number of rotatable bonds is 9. The highest BCUT2D eigenvalue weighted by Crippen LogP contribution is 2.45. The van der Waals surface area contributed by atoms with Crippen LogP contribution in [0.5, 0.6) is 11.5 Å². The molecular weight excluding hydrogens is 505 g/mol. The topological polar surface area (TPSA) is 100 Å². The summed E-state index contributed by atoms with van der Waals surface area (Å²) in [7, 11) is 4.64. The van der Waals surface area contributed by atoms with E-state index in [-0.39, 0.29) is 5.91 Å². The molecular formula is C25H23Cl2N5O4. The van der Waals surface area contributed by atoms with Gasteiger partial charge in [-0.05, 0) is 18.2 Å². The summed E-state index contributed by atoms with van der Waals surface area (Å²) < 4.78 is 17.7. The molecule has 0 unspecified atom stereocenters. The van der Waals surface area contributed by atoms with Crippen LogP contribution in [0.1, 0.15) is 0 Å². The lowest BCUT2D eigenvalue weighted by Gasteiger charge is -2.15. The molecule has 9 nitrogen and oxygen atoms in total. The lowest BCUT2D eigenvalue weighted by atomic mass is 10.1. The number of nitrogens with one attached hydrogen (secondary N) is 1. The van der Waals surface area contributed by atoms with Crippen LogP contribution in [0, 0.1) is 0 Å². The number of methoxy groups -OCH3 is 3. The van der Waals surface area contributed by atoms with Gasteiger partial charge in [0.25, 0.3) is 0 Å². The number of benzene rings is 1. The Labute approximate surface area is 217 Å². The predicted octanol–water partition coefficient (Wildman–Crippen LogP) is 5.26. The maximum atomic E-state index is 12.0. The molecule has 0 aliphatic rings. The minimum atomic E-state index is -0.350. The third-order valence-corrected chi connectivity index (χ3v) is 6.22. The Bertz CT molecular complexity index is 1430. The van der Waals surface area contributed by atoms with Gasteiger partial charge in [-0.15, -0.1) is 0 Å². The number of pyridine rings is 2. The van der Waals surface area contributed by atoms with E-state index < -0.39 is 0 Å². The average Bonchev–Trinajstić information content (AvgIpc) is 3.29. The van der Waals surface area contributed by atoms with E-state index >= 15 is 0 Å². The van der Waals surface area contributed by atoms with Crippen LogP contribution >= 0.6 is 23.2 Å². The third-order valence-electron chi connectivity index (χ3n) is 5.47. The van der Waals surface area contributed by atoms with Crippen molar-refractivity contribution in [1.29, 1.82) is 0 Å². The van der Waals surface area contributed by atoms with E-state index in [2.05, 4.69) is 27.0 Å². The molecule has 0 saturated carbocycles. The van der Waals surface area contributed by atoms with Crippen LogP contribution in [0.15, 0.2) is 49.4 Å². The quantitative estimate of drug-likeness (QED) is 0.296. The second-order valence-electron chi connectivity index (χ2n) is 7.59. The number of fused-ring (bicyclic) bond motifs is 1. The van der Waals surface area contributed by atoms with E-state index in [1.807, 2.05) is 12.1 Å². The minimum Gasteiger partial charge on any atom is -0.495 e. The third kappa shape index (κ3) is 4.86. The first-order valence-electron chi connectivity index (χ1n) is 10.8. The smallest absolute Gasteiger partial charge is 0.247 e. The molecule has 186 valence electrons. The number of hydrogen-bond acceptors (Lipinski definition) is 7. The molecule has 4 aromatic rings. The second-order valence-corrected chi connectivity index (χ2v) is 8.34. The molecule has 1 N–H and O–H groups in total. The SMILES string of the molecule is C=CC(=O)Nc1cnn(CCOC)c1-c1cc2cnc(-c3c(Cl)c(OC)cc(OC)c3Cl)cc2cn1. The molecule has 4 rings (SSSR count). The number of amides is 1. The fraction of sp³-hybridized carbons (Fsp3) is 0.200. The summed E-state index contributed by atoms with van der Waals surface area (Å²) in [6, 6.07) is 5.32. The van der Waals surface area contributed by atoms with Crippen LogP contribution in [-0.4, -0.2) is 53.6 Å². The number of anilines is 1. The first-order chi connectivity index (χ1) is 17.4. The Morgan fingerprint density at radius 3 is 2.19 bits per heavy atom. The number of carbonyl (C=O) groups excluding carboxylic acids is 1. The van der Waals surface area contributed by atoms with Gasteiger partial charge in [0.05, 0.1) is 60.7 Å². The second kappa shape index (κ2) is 10.9. The van der Waals surface area contributed by atoms with Crippen molar-refractivity contribution in [2.75, 3.05) is 33.3 Å². The van der Waals surface area contributed by atoms with E-state index in [9.17, 15) is 4.79 Å². The first kappa shape index (κ1) is 25.4. The van der Waals surface area contributed by atoms with E-state index in [4.69, 9.17) is 37.4 Å². The molecule has 0 aliphatic heterocycles. The predicted molar refractivity (Wildman–Crippen MR) is 140 cm³/mol. The number of hydrogen-bond donors (Lipinski definition) is 1. The highest BCUT2D eigenvalue weighted by atomic mass is 35.5. The van der Waals surface area contributed by atoms with Crippen LogP contribution in [-0.2, 0) is 16.1 Å². The van der Waals surface area contributed by atoms with Crippen molar-refractivity contribution >= 4 is 45.6 Å². The summed E-state index contributed by atoms with van der Waals surface area (Å²) in [6.07, 6.45) is 6.17. The molecule has 0 saturated heterocycles. The van der Waals surface area contributed by atoms with Crippen LogP contribution in [0.4, 0.5) is 5.69 Å². The van der Waals surface area contributed by atoms with Crippen LogP contribution in [0.2, 0.25) is 10.0 Å². The van der Waals surface area contributed by atoms with E-state index in [0.717, 1.165) is 10.8 Å². The minimum absolute atomic E-state index is 0.323. The lowest BCUT2D eigenvalue weighted by molar-refractivity contribution is -0.111. The Hall–Kier alpha value is -3.66. The van der Waals surface area contributed by atoms with E-state index in [0.29, 0.717) is 63.0 Å². The number of ether oxygens (including phenoxy) is 3. The van der Waals surface area contributed by atoms with Gasteiger partial charge in [-0.1, -0.05) is 29.8 Å². The zero-order valence-corrected chi connectivity index (χ0v) is 21.4. The Balaban J connectivity index is 1.81. The summed E-state index contributed by atoms with van der Waals surface area (Å²) in [5.41, 5.74) is 2.77. The number of aromatic nitrogens is 4. The first-order valence-corrected chi connectivity index (χ1v) is 11.5. The normalized spacial score (nSPS) is 10.9. The number of halogens is 2. The van der Waals surface area contributed by atoms with Gasteiger partial charge in [-0.25, -0.2) is 0 Å². The molecule has 3 heterocycles. The van der Waals surface area contributed by atoms with Crippen molar-refractivity contribution < 1.29 is 19.0 Å². The van der Waals surface area contributed by atoms with Gasteiger partial charge in [0.2, 0.25) is 5.91 Å². The average molecular weight is 528 g/mol. The lowest BCUT2D eigenvalue weighted by Crippen LogP contribution is -2.11. The molecule has 0 aliphatic carbocycles. The van der Waals surface area contributed by atoms with E-state index in [1.54, 1.807) is 36.4 Å². The highest BCUT2D eigenvalue weighted by molar-refractivity contribution is 6.41. The fourth-order valence-electron chi connectivity index (χ4n) is 3.69. The fourth-order valence-corrected chi connectivity index (χ4v) is 4.39. The molecule has 36 heavy (non-hydrogen) atoms. The monoisotopic (exact) mass is 527 g/mol. The molecule has 0 bridgehead atoms. The van der Waals surface area contributed by atoms with Gasteiger partial charge in [0, 0.05) is 41.9 Å². The van der Waals surface area contributed by atoms with Crippen molar-refractivity contribution in [3.63, 3.8) is 0 Å². The highest BCUT2D eigenvalue weighted by Gasteiger charge is 2.21. The van der Waals surface area contributed by atoms with Crippen LogP contribution in [0.3, 0.4) is 0 Å². The van der Waals surface area contributed by atoms with Crippen molar-refractivity contribution in [3.05, 3.63) is 59.5 Å².